The van der Waals surface area contributed by atoms with Crippen LogP contribution in [0.5, 0.6) is 0 Å². The monoisotopic (exact) mass is 513 g/mol. The molecule has 2 aromatic carbocycles. The van der Waals surface area contributed by atoms with Crippen molar-refractivity contribution < 1.29 is 18.8 Å². The molecule has 186 valence electrons. The molecule has 2 aliphatic heterocycles. The summed E-state index contributed by atoms with van der Waals surface area (Å²) in [4.78, 5) is 62.9. The van der Waals surface area contributed by atoms with Gasteiger partial charge >= 0.3 is 0 Å². The van der Waals surface area contributed by atoms with Crippen LogP contribution in [0, 0.1) is 13.8 Å². The Morgan fingerprint density at radius 1 is 1.11 bits per heavy atom. The number of hydrogen-bond acceptors (Lipinski definition) is 7. The molecule has 4 aromatic rings. The number of carbonyl (C=O) groups is 3. The molecule has 0 aliphatic carbocycles. The summed E-state index contributed by atoms with van der Waals surface area (Å²) in [6.45, 7) is 7.34. The van der Waals surface area contributed by atoms with E-state index in [1.165, 1.54) is 11.8 Å². The number of amides is 2. The molecule has 2 aromatic heterocycles. The first kappa shape index (κ1) is 23.3. The molecule has 4 heterocycles. The first-order valence-electron chi connectivity index (χ1n) is 12.0. The number of anilines is 2. The van der Waals surface area contributed by atoms with Crippen LogP contribution in [-0.2, 0) is 10.3 Å². The molecule has 8 nitrogen and oxygen atoms in total. The van der Waals surface area contributed by atoms with Crippen molar-refractivity contribution in [3.63, 3.8) is 0 Å². The third-order valence-electron chi connectivity index (χ3n) is 7.02. The number of benzene rings is 2. The van der Waals surface area contributed by atoms with Crippen molar-refractivity contribution >= 4 is 50.7 Å². The van der Waals surface area contributed by atoms with Gasteiger partial charge in [0.25, 0.3) is 11.8 Å². The van der Waals surface area contributed by atoms with Gasteiger partial charge in [0.1, 0.15) is 5.58 Å². The second kappa shape index (κ2) is 7.94. The highest BCUT2D eigenvalue weighted by Gasteiger charge is 2.66. The summed E-state index contributed by atoms with van der Waals surface area (Å²) in [5.41, 5.74) is 0.471. The molecular formula is C28H23N3O5S. The second-order valence-electron chi connectivity index (χ2n) is 9.43. The number of carbonyl (C=O) groups excluding carboxylic acids is 3. The van der Waals surface area contributed by atoms with Gasteiger partial charge < -0.3 is 9.32 Å². The maximum atomic E-state index is 14.5. The number of nitrogens with zero attached hydrogens (tertiary/aromatic N) is 3. The average Bonchev–Trinajstić information content (AvgIpc) is 3.46. The third kappa shape index (κ3) is 2.91. The molecule has 0 fully saturated rings. The van der Waals surface area contributed by atoms with Crippen molar-refractivity contribution in [3.05, 3.63) is 85.7 Å². The van der Waals surface area contributed by atoms with E-state index in [1.54, 1.807) is 42.2 Å². The summed E-state index contributed by atoms with van der Waals surface area (Å²) in [6, 6.07) is 12.4. The first-order valence-corrected chi connectivity index (χ1v) is 12.9. The number of aromatic nitrogens is 1. The van der Waals surface area contributed by atoms with Crippen molar-refractivity contribution in [2.45, 2.75) is 39.7 Å². The van der Waals surface area contributed by atoms with Gasteiger partial charge in [0.15, 0.2) is 21.9 Å². The Bertz CT molecular complexity index is 1740. The third-order valence-corrected chi connectivity index (χ3v) is 8.27. The lowest BCUT2D eigenvalue weighted by molar-refractivity contribution is -0.121. The lowest BCUT2D eigenvalue weighted by Gasteiger charge is -2.32. The zero-order valence-corrected chi connectivity index (χ0v) is 21.6. The van der Waals surface area contributed by atoms with E-state index in [-0.39, 0.29) is 27.8 Å². The molecule has 2 amide bonds. The molecule has 6 rings (SSSR count). The fraction of sp³-hybridized carbons (Fsp3) is 0.250. The first-order chi connectivity index (χ1) is 17.7. The molecule has 1 unspecified atom stereocenters. The van der Waals surface area contributed by atoms with Crippen LogP contribution in [0.2, 0.25) is 0 Å². The zero-order valence-electron chi connectivity index (χ0n) is 20.7. The van der Waals surface area contributed by atoms with Crippen LogP contribution in [0.25, 0.3) is 11.0 Å². The largest absolute Gasteiger partial charge is 0.450 e. The average molecular weight is 514 g/mol. The minimum Gasteiger partial charge on any atom is -0.450 e. The van der Waals surface area contributed by atoms with Gasteiger partial charge in [-0.1, -0.05) is 48.1 Å². The van der Waals surface area contributed by atoms with Gasteiger partial charge in [-0.05, 0) is 38.5 Å². The maximum Gasteiger partial charge on any atom is 0.297 e. The van der Waals surface area contributed by atoms with E-state index in [2.05, 4.69) is 4.98 Å². The summed E-state index contributed by atoms with van der Waals surface area (Å²) < 4.78 is 6.08. The van der Waals surface area contributed by atoms with E-state index in [0.29, 0.717) is 40.2 Å². The number of thiazole rings is 1. The summed E-state index contributed by atoms with van der Waals surface area (Å²) >= 11 is 1.03. The van der Waals surface area contributed by atoms with E-state index in [4.69, 9.17) is 4.42 Å². The Kier molecular flexibility index (Phi) is 5.00. The van der Waals surface area contributed by atoms with Crippen LogP contribution in [0.3, 0.4) is 0 Å². The number of aryl methyl sites for hydroxylation is 2. The summed E-state index contributed by atoms with van der Waals surface area (Å²) in [7, 11) is 0. The summed E-state index contributed by atoms with van der Waals surface area (Å²) in [5.74, 6) is -1.43. The van der Waals surface area contributed by atoms with Gasteiger partial charge in [0, 0.05) is 19.0 Å². The van der Waals surface area contributed by atoms with Crippen molar-refractivity contribution in [1.29, 1.82) is 0 Å². The second-order valence-corrected chi connectivity index (χ2v) is 10.4. The predicted octanol–water partition coefficient (Wildman–Crippen LogP) is 4.73. The number of rotatable bonds is 4. The van der Waals surface area contributed by atoms with Gasteiger partial charge in [-0.2, -0.15) is 0 Å². The molecule has 1 atom stereocenters. The van der Waals surface area contributed by atoms with Gasteiger partial charge in [0.2, 0.25) is 5.76 Å². The van der Waals surface area contributed by atoms with Crippen LogP contribution in [0.15, 0.2) is 51.7 Å². The van der Waals surface area contributed by atoms with Crippen LogP contribution >= 0.6 is 11.3 Å². The van der Waals surface area contributed by atoms with Gasteiger partial charge in [-0.15, -0.1) is 0 Å². The van der Waals surface area contributed by atoms with Crippen LogP contribution in [0.1, 0.15) is 62.9 Å². The molecule has 0 radical (unpaired) electrons. The van der Waals surface area contributed by atoms with Crippen LogP contribution in [0.4, 0.5) is 10.8 Å². The van der Waals surface area contributed by atoms with Crippen molar-refractivity contribution in [2.24, 2.45) is 0 Å². The van der Waals surface area contributed by atoms with Crippen molar-refractivity contribution in [3.8, 4) is 0 Å². The zero-order chi connectivity index (χ0) is 26.2. The Labute approximate surface area is 216 Å². The molecule has 0 N–H and O–H groups in total. The highest BCUT2D eigenvalue weighted by molar-refractivity contribution is 7.17. The quantitative estimate of drug-likeness (QED) is 0.366. The van der Waals surface area contributed by atoms with E-state index in [9.17, 15) is 19.2 Å². The Morgan fingerprint density at radius 3 is 2.57 bits per heavy atom. The SMILES string of the molecule is CCCN1C(=O)C2(c3ccccc31)c1c(oc3ccc(C)cc3c1=O)C(=O)N2c1nc(C)c(C(C)=O)s1. The van der Waals surface area contributed by atoms with Gasteiger partial charge in [0.05, 0.1) is 27.2 Å². The molecule has 37 heavy (non-hydrogen) atoms. The molecule has 0 saturated heterocycles. The number of hydrogen-bond donors (Lipinski definition) is 0. The van der Waals surface area contributed by atoms with Crippen LogP contribution < -0.4 is 15.2 Å². The topological polar surface area (TPSA) is 101 Å². The molecular weight excluding hydrogens is 490 g/mol. The van der Waals surface area contributed by atoms with E-state index in [1.807, 2.05) is 26.0 Å². The fourth-order valence-corrected chi connectivity index (χ4v) is 6.54. The predicted molar refractivity (Wildman–Crippen MR) is 141 cm³/mol. The summed E-state index contributed by atoms with van der Waals surface area (Å²) in [6.07, 6.45) is 0.674. The van der Waals surface area contributed by atoms with E-state index in [0.717, 1.165) is 16.9 Å². The molecule has 0 saturated carbocycles. The minimum atomic E-state index is -1.80. The van der Waals surface area contributed by atoms with E-state index >= 15 is 0 Å². The van der Waals surface area contributed by atoms with E-state index < -0.39 is 22.8 Å². The lowest BCUT2D eigenvalue weighted by atomic mass is 9.84. The standard InChI is InChI=1S/C28H23N3O5S/c1-5-12-30-19-9-7-6-8-18(19)28(26(30)35)21-22(33)17-13-14(2)10-11-20(17)36-23(21)25(34)31(28)27-29-15(3)24(37-27)16(4)32/h6-11,13H,5,12H2,1-4H3. The smallest absolute Gasteiger partial charge is 0.297 e. The normalized spacial score (nSPS) is 18.3. The molecule has 0 bridgehead atoms. The number of fused-ring (bicyclic) bond motifs is 5. The number of ketones is 1. The van der Waals surface area contributed by atoms with Crippen molar-refractivity contribution in [1.82, 2.24) is 4.98 Å². The fourth-order valence-electron chi connectivity index (χ4n) is 5.53. The molecule has 1 spiro atoms. The number of para-hydroxylation sites is 1. The Hall–Kier alpha value is -4.11. The Balaban J connectivity index is 1.77. The van der Waals surface area contributed by atoms with Gasteiger partial charge in [-0.3, -0.25) is 24.1 Å². The Morgan fingerprint density at radius 2 is 1.86 bits per heavy atom. The number of Topliss-reactive ketones (excluding diaryl/α,β-unsaturated/α-hetero) is 1. The molecule has 9 heteroatoms. The highest BCUT2D eigenvalue weighted by Crippen LogP contribution is 2.54. The summed E-state index contributed by atoms with van der Waals surface area (Å²) in [5, 5.41) is 0.465. The van der Waals surface area contributed by atoms with Gasteiger partial charge in [-0.25, -0.2) is 4.98 Å². The highest BCUT2D eigenvalue weighted by atomic mass is 32.1. The maximum absolute atomic E-state index is 14.5. The minimum absolute atomic E-state index is 0.0103. The lowest BCUT2D eigenvalue weighted by Crippen LogP contribution is -2.53. The van der Waals surface area contributed by atoms with Crippen molar-refractivity contribution in [2.75, 3.05) is 16.3 Å². The van der Waals surface area contributed by atoms with Crippen LogP contribution in [-0.4, -0.2) is 29.1 Å². The molecule has 2 aliphatic rings.